The molecule has 0 bridgehead atoms. The Kier molecular flexibility index (Phi) is 3.47. The fourth-order valence-corrected chi connectivity index (χ4v) is 2.92. The smallest absolute Gasteiger partial charge is 0.229 e. The first kappa shape index (κ1) is 14.1. The minimum Gasteiger partial charge on any atom is -0.348 e. The molecule has 1 aromatic rings. The van der Waals surface area contributed by atoms with E-state index in [-0.39, 0.29) is 11.8 Å². The quantitative estimate of drug-likeness (QED) is 0.773. The molecule has 108 valence electrons. The van der Waals surface area contributed by atoms with E-state index in [1.807, 2.05) is 42.3 Å². The standard InChI is InChI=1S/C16H15BrN2O2/c1-18-8-15(19(2)16(21)10-3-4-10)13(9-20)12-7-11(17)5-6-14(12)18/h5-8,10H,3-4H2,1-2H3. The number of rotatable bonds is 2. The van der Waals surface area contributed by atoms with Gasteiger partial charge in [0, 0.05) is 41.9 Å². The van der Waals surface area contributed by atoms with Crippen LogP contribution in [0, 0.1) is 5.92 Å². The Labute approximate surface area is 131 Å². The largest absolute Gasteiger partial charge is 0.348 e. The van der Waals surface area contributed by atoms with Gasteiger partial charge >= 0.3 is 0 Å². The first-order valence-electron chi connectivity index (χ1n) is 6.80. The molecule has 1 fully saturated rings. The van der Waals surface area contributed by atoms with Crippen molar-refractivity contribution in [3.63, 3.8) is 0 Å². The molecule has 0 N–H and O–H groups in total. The van der Waals surface area contributed by atoms with E-state index in [1.54, 1.807) is 11.9 Å². The van der Waals surface area contributed by atoms with E-state index in [4.69, 9.17) is 0 Å². The van der Waals surface area contributed by atoms with Gasteiger partial charge in [-0.25, -0.2) is 4.79 Å². The minimum absolute atomic E-state index is 0.0702. The first-order valence-corrected chi connectivity index (χ1v) is 7.60. The van der Waals surface area contributed by atoms with Gasteiger partial charge in [0.1, 0.15) is 5.94 Å². The van der Waals surface area contributed by atoms with E-state index in [0.717, 1.165) is 28.6 Å². The summed E-state index contributed by atoms with van der Waals surface area (Å²) in [6, 6.07) is 5.75. The number of amides is 1. The van der Waals surface area contributed by atoms with Gasteiger partial charge in [0.25, 0.3) is 0 Å². The number of carbonyl (C=O) groups excluding carboxylic acids is 2. The lowest BCUT2D eigenvalue weighted by Gasteiger charge is -2.30. The predicted molar refractivity (Wildman–Crippen MR) is 85.2 cm³/mol. The zero-order valence-electron chi connectivity index (χ0n) is 11.9. The molecule has 0 saturated heterocycles. The molecule has 1 aromatic carbocycles. The summed E-state index contributed by atoms with van der Waals surface area (Å²) in [5.74, 6) is 2.19. The number of carbonyl (C=O) groups is 1. The molecule has 4 nitrogen and oxygen atoms in total. The van der Waals surface area contributed by atoms with Crippen LogP contribution in [0.5, 0.6) is 0 Å². The van der Waals surface area contributed by atoms with Crippen molar-refractivity contribution in [3.05, 3.63) is 40.1 Å². The highest BCUT2D eigenvalue weighted by Crippen LogP contribution is 2.39. The van der Waals surface area contributed by atoms with Gasteiger partial charge in [0.2, 0.25) is 5.91 Å². The molecule has 0 atom stereocenters. The number of anilines is 1. The highest BCUT2D eigenvalue weighted by Gasteiger charge is 2.35. The molecule has 3 rings (SSSR count). The van der Waals surface area contributed by atoms with Crippen molar-refractivity contribution >= 4 is 39.0 Å². The maximum Gasteiger partial charge on any atom is 0.229 e. The molecule has 1 heterocycles. The summed E-state index contributed by atoms with van der Waals surface area (Å²) in [4.78, 5) is 27.3. The molecule has 0 aromatic heterocycles. The second-order valence-corrected chi connectivity index (χ2v) is 6.35. The molecule has 1 aliphatic carbocycles. The molecule has 1 aliphatic heterocycles. The maximum atomic E-state index is 12.3. The van der Waals surface area contributed by atoms with Gasteiger partial charge in [-0.05, 0) is 31.0 Å². The van der Waals surface area contributed by atoms with Crippen molar-refractivity contribution in [1.29, 1.82) is 0 Å². The molecule has 0 radical (unpaired) electrons. The van der Waals surface area contributed by atoms with Crippen LogP contribution in [-0.2, 0) is 9.59 Å². The second kappa shape index (κ2) is 5.17. The van der Waals surface area contributed by atoms with E-state index in [0.29, 0.717) is 11.3 Å². The van der Waals surface area contributed by atoms with Crippen LogP contribution in [0.25, 0.3) is 5.57 Å². The summed E-state index contributed by atoms with van der Waals surface area (Å²) < 4.78 is 0.889. The molecule has 21 heavy (non-hydrogen) atoms. The Balaban J connectivity index is 2.06. The van der Waals surface area contributed by atoms with Crippen LogP contribution in [-0.4, -0.2) is 30.8 Å². The normalized spacial score (nSPS) is 17.0. The summed E-state index contributed by atoms with van der Waals surface area (Å²) in [6.07, 6.45) is 3.69. The third kappa shape index (κ3) is 2.43. The maximum absolute atomic E-state index is 12.3. The van der Waals surface area contributed by atoms with Crippen molar-refractivity contribution in [3.8, 4) is 0 Å². The average molecular weight is 347 g/mol. The van der Waals surface area contributed by atoms with Crippen LogP contribution in [0.1, 0.15) is 18.4 Å². The van der Waals surface area contributed by atoms with E-state index in [1.165, 1.54) is 0 Å². The Bertz CT molecular complexity index is 700. The Hall–Kier alpha value is -1.84. The molecule has 1 amide bonds. The van der Waals surface area contributed by atoms with Crippen LogP contribution in [0.4, 0.5) is 5.69 Å². The van der Waals surface area contributed by atoms with Crippen molar-refractivity contribution in [1.82, 2.24) is 4.90 Å². The number of benzene rings is 1. The average Bonchev–Trinajstić information content (AvgIpc) is 3.29. The lowest BCUT2D eigenvalue weighted by atomic mass is 9.98. The lowest BCUT2D eigenvalue weighted by Crippen LogP contribution is -2.31. The van der Waals surface area contributed by atoms with Crippen LogP contribution in [0.15, 0.2) is 34.6 Å². The summed E-state index contributed by atoms with van der Waals surface area (Å²) in [7, 11) is 3.63. The van der Waals surface area contributed by atoms with E-state index < -0.39 is 0 Å². The van der Waals surface area contributed by atoms with Gasteiger partial charge in [0.05, 0.1) is 11.3 Å². The number of hydrogen-bond acceptors (Lipinski definition) is 3. The van der Waals surface area contributed by atoms with Crippen LogP contribution in [0.3, 0.4) is 0 Å². The van der Waals surface area contributed by atoms with Crippen molar-refractivity contribution in [2.75, 3.05) is 19.0 Å². The minimum atomic E-state index is 0.0702. The molecule has 2 aliphatic rings. The fourth-order valence-electron chi connectivity index (χ4n) is 2.56. The Morgan fingerprint density at radius 3 is 2.76 bits per heavy atom. The van der Waals surface area contributed by atoms with Crippen molar-refractivity contribution < 1.29 is 9.59 Å². The van der Waals surface area contributed by atoms with Gasteiger partial charge in [0.15, 0.2) is 0 Å². The third-order valence-corrected chi connectivity index (χ3v) is 4.39. The summed E-state index contributed by atoms with van der Waals surface area (Å²) in [5, 5.41) is 0. The first-order chi connectivity index (χ1) is 10.0. The van der Waals surface area contributed by atoms with E-state index in [2.05, 4.69) is 15.9 Å². The van der Waals surface area contributed by atoms with E-state index in [9.17, 15) is 9.59 Å². The number of halogens is 1. The molecule has 1 saturated carbocycles. The zero-order chi connectivity index (χ0) is 15.1. The van der Waals surface area contributed by atoms with Crippen molar-refractivity contribution in [2.24, 2.45) is 5.92 Å². The zero-order valence-corrected chi connectivity index (χ0v) is 13.5. The molecular weight excluding hydrogens is 332 g/mol. The fraction of sp³-hybridized carbons (Fsp3) is 0.312. The van der Waals surface area contributed by atoms with Crippen LogP contribution in [0.2, 0.25) is 0 Å². The monoisotopic (exact) mass is 346 g/mol. The van der Waals surface area contributed by atoms with Crippen LogP contribution >= 0.6 is 15.9 Å². The number of fused-ring (bicyclic) bond motifs is 1. The molecule has 0 unspecified atom stereocenters. The predicted octanol–water partition coefficient (Wildman–Crippen LogP) is 2.82. The Morgan fingerprint density at radius 2 is 2.14 bits per heavy atom. The number of allylic oxidation sites excluding steroid dienone is 1. The van der Waals surface area contributed by atoms with Gasteiger partial charge in [-0.1, -0.05) is 15.9 Å². The van der Waals surface area contributed by atoms with E-state index >= 15 is 0 Å². The lowest BCUT2D eigenvalue weighted by molar-refractivity contribution is -0.129. The molecular formula is C16H15BrN2O2. The number of nitrogens with zero attached hydrogens (tertiary/aromatic N) is 2. The highest BCUT2D eigenvalue weighted by molar-refractivity contribution is 9.10. The summed E-state index contributed by atoms with van der Waals surface area (Å²) in [6.45, 7) is 0. The molecule has 0 spiro atoms. The number of likely N-dealkylation sites (N-methyl/N-ethyl adjacent to an activating group) is 1. The summed E-state index contributed by atoms with van der Waals surface area (Å²) >= 11 is 3.42. The molecule has 5 heteroatoms. The van der Waals surface area contributed by atoms with Gasteiger partial charge in [-0.3, -0.25) is 4.79 Å². The second-order valence-electron chi connectivity index (χ2n) is 5.44. The SMILES string of the molecule is CN(C(=O)C1CC1)C1=CN(C)c2ccc(Br)cc2C1=C=O. The van der Waals surface area contributed by atoms with Gasteiger partial charge in [-0.2, -0.15) is 0 Å². The number of hydrogen-bond donors (Lipinski definition) is 0. The van der Waals surface area contributed by atoms with Crippen molar-refractivity contribution in [2.45, 2.75) is 12.8 Å². The van der Waals surface area contributed by atoms with Gasteiger partial charge < -0.3 is 9.80 Å². The summed E-state index contributed by atoms with van der Waals surface area (Å²) in [5.41, 5.74) is 2.75. The van der Waals surface area contributed by atoms with Gasteiger partial charge in [-0.15, -0.1) is 0 Å². The third-order valence-electron chi connectivity index (χ3n) is 3.90. The highest BCUT2D eigenvalue weighted by atomic mass is 79.9. The topological polar surface area (TPSA) is 40.6 Å². The Morgan fingerprint density at radius 1 is 1.43 bits per heavy atom. The van der Waals surface area contributed by atoms with Crippen LogP contribution < -0.4 is 4.90 Å².